The predicted molar refractivity (Wildman–Crippen MR) is 212 cm³/mol. The van der Waals surface area contributed by atoms with Gasteiger partial charge in [0, 0.05) is 56.8 Å². The maximum atomic E-state index is 13.7. The van der Waals surface area contributed by atoms with Gasteiger partial charge in [-0.3, -0.25) is 10.1 Å². The van der Waals surface area contributed by atoms with Crippen LogP contribution in [0.2, 0.25) is 0 Å². The molecule has 1 saturated carbocycles. The summed E-state index contributed by atoms with van der Waals surface area (Å²) < 4.78 is 25.1. The molecule has 0 radical (unpaired) electrons. The highest BCUT2D eigenvalue weighted by atomic mass is 35.5. The molecule has 5 rings (SSSR count). The van der Waals surface area contributed by atoms with Crippen LogP contribution in [0.5, 0.6) is 11.5 Å². The summed E-state index contributed by atoms with van der Waals surface area (Å²) in [6, 6.07) is 10.4. The Hall–Kier alpha value is -4.70. The number of ether oxygens (including phenoxy) is 4. The molecule has 1 heterocycles. The summed E-state index contributed by atoms with van der Waals surface area (Å²) >= 11 is 5.91. The van der Waals surface area contributed by atoms with Crippen molar-refractivity contribution in [3.63, 3.8) is 0 Å². The van der Waals surface area contributed by atoms with Crippen LogP contribution < -0.4 is 14.8 Å². The smallest absolute Gasteiger partial charge is 0.412 e. The Morgan fingerprint density at radius 2 is 1.88 bits per heavy atom. The zero-order chi connectivity index (χ0) is 41.0. The number of non-ortho nitro benzene ring substituents is 1. The summed E-state index contributed by atoms with van der Waals surface area (Å²) in [5.41, 5.74) is 2.76. The van der Waals surface area contributed by atoms with Gasteiger partial charge in [-0.2, -0.15) is 0 Å². The van der Waals surface area contributed by atoms with Crippen LogP contribution >= 0.6 is 11.6 Å². The lowest BCUT2D eigenvalue weighted by molar-refractivity contribution is -0.384. The van der Waals surface area contributed by atoms with Crippen molar-refractivity contribution in [3.05, 3.63) is 88.0 Å². The van der Waals surface area contributed by atoms with Crippen LogP contribution in [0.3, 0.4) is 0 Å². The molecule has 0 unspecified atom stereocenters. The number of benzene rings is 2. The molecule has 3 aliphatic rings. The highest BCUT2D eigenvalue weighted by Crippen LogP contribution is 2.61. The number of amides is 2. The Balaban J connectivity index is 1.71. The van der Waals surface area contributed by atoms with Crippen LogP contribution in [0.15, 0.2) is 71.9 Å². The second-order valence-electron chi connectivity index (χ2n) is 14.3. The molecule has 310 valence electrons. The molecule has 2 aromatic carbocycles. The predicted octanol–water partition coefficient (Wildman–Crippen LogP) is 6.84. The van der Waals surface area contributed by atoms with Gasteiger partial charge < -0.3 is 44.2 Å². The summed E-state index contributed by atoms with van der Waals surface area (Å²) in [6.45, 7) is 6.26. The lowest BCUT2D eigenvalue weighted by atomic mass is 9.55. The number of nitrogens with one attached hydrogen (secondary N) is 1. The SMILES string of the molecule is C=CCO[C@@]12Oc3ccc(OC(=O)NCC)cc3[C@H]3[C@H](CCCCO)[C@@H](CCCCO)C=C(C(=NOCc4ccc([N+](=O)[O-])cc4)C[C@@H]1N(C)C(=O)OCCCl)[C@H]32. The van der Waals surface area contributed by atoms with E-state index in [2.05, 4.69) is 18.0 Å². The molecule has 1 fully saturated rings. The molecule has 6 atom stereocenters. The number of rotatable bonds is 20. The van der Waals surface area contributed by atoms with E-state index >= 15 is 0 Å². The summed E-state index contributed by atoms with van der Waals surface area (Å²) in [5.74, 6) is -1.60. The van der Waals surface area contributed by atoms with E-state index in [1.165, 1.54) is 17.0 Å². The first-order valence-corrected chi connectivity index (χ1v) is 20.0. The zero-order valence-electron chi connectivity index (χ0n) is 32.5. The number of likely N-dealkylation sites (N-methyl/N-ethyl adjacent to an activating group) is 1. The number of nitro groups is 1. The van der Waals surface area contributed by atoms with Crippen LogP contribution in [-0.4, -0.2) is 95.7 Å². The van der Waals surface area contributed by atoms with Gasteiger partial charge in [0.15, 0.2) is 0 Å². The average molecular weight is 813 g/mol. The van der Waals surface area contributed by atoms with Crippen molar-refractivity contribution in [2.45, 2.75) is 76.2 Å². The number of nitrogens with zero attached hydrogens (tertiary/aromatic N) is 3. The van der Waals surface area contributed by atoms with Gasteiger partial charge in [-0.15, -0.1) is 18.2 Å². The number of oxime groups is 1. The number of aliphatic hydroxyl groups excluding tert-OH is 2. The minimum absolute atomic E-state index is 0.0167. The minimum Gasteiger partial charge on any atom is -0.459 e. The van der Waals surface area contributed by atoms with Crippen molar-refractivity contribution in [2.24, 2.45) is 22.9 Å². The molecule has 1 aliphatic heterocycles. The second-order valence-corrected chi connectivity index (χ2v) is 14.7. The Kier molecular flexibility index (Phi) is 15.7. The molecule has 2 amide bonds. The maximum absolute atomic E-state index is 13.7. The van der Waals surface area contributed by atoms with E-state index < -0.39 is 34.9 Å². The number of aliphatic hydroxyl groups is 2. The summed E-state index contributed by atoms with van der Waals surface area (Å²) in [4.78, 5) is 44.5. The molecular formula is C41H53ClN4O11. The third-order valence-electron chi connectivity index (χ3n) is 10.8. The van der Waals surface area contributed by atoms with Gasteiger partial charge in [0.05, 0.1) is 29.0 Å². The van der Waals surface area contributed by atoms with Crippen LogP contribution in [0.1, 0.15) is 68.9 Å². The van der Waals surface area contributed by atoms with E-state index in [1.54, 1.807) is 44.3 Å². The van der Waals surface area contributed by atoms with Gasteiger partial charge in [-0.05, 0) is 85.9 Å². The number of carbonyl (C=O) groups excluding carboxylic acids is 2. The lowest BCUT2D eigenvalue weighted by Gasteiger charge is -2.59. The molecular weight excluding hydrogens is 760 g/mol. The molecule has 3 N–H and O–H groups in total. The summed E-state index contributed by atoms with van der Waals surface area (Å²) in [6.07, 6.45) is 6.86. The molecule has 0 saturated heterocycles. The highest BCUT2D eigenvalue weighted by molar-refractivity contribution is 6.18. The van der Waals surface area contributed by atoms with Crippen LogP contribution in [0.25, 0.3) is 0 Å². The molecule has 57 heavy (non-hydrogen) atoms. The fourth-order valence-corrected chi connectivity index (χ4v) is 8.41. The Morgan fingerprint density at radius 3 is 2.54 bits per heavy atom. The van der Waals surface area contributed by atoms with Gasteiger partial charge in [-0.1, -0.05) is 30.1 Å². The average Bonchev–Trinajstić information content (AvgIpc) is 3.20. The Bertz CT molecular complexity index is 1770. The first-order chi connectivity index (χ1) is 27.6. The van der Waals surface area contributed by atoms with Crippen molar-refractivity contribution in [1.82, 2.24) is 10.2 Å². The first-order valence-electron chi connectivity index (χ1n) is 19.5. The maximum Gasteiger partial charge on any atom is 0.412 e. The number of carbonyl (C=O) groups is 2. The van der Waals surface area contributed by atoms with E-state index in [9.17, 15) is 29.9 Å². The van der Waals surface area contributed by atoms with E-state index in [0.29, 0.717) is 42.2 Å². The topological polar surface area (TPSA) is 192 Å². The lowest BCUT2D eigenvalue weighted by Crippen LogP contribution is -2.69. The molecule has 0 bridgehead atoms. The van der Waals surface area contributed by atoms with E-state index in [-0.39, 0.29) is 68.8 Å². The quantitative estimate of drug-likeness (QED) is 0.0417. The number of hydrogen-bond donors (Lipinski definition) is 3. The number of hydrogen-bond acceptors (Lipinski definition) is 12. The van der Waals surface area contributed by atoms with Gasteiger partial charge in [0.1, 0.15) is 30.8 Å². The van der Waals surface area contributed by atoms with Crippen LogP contribution in [-0.2, 0) is 20.9 Å². The largest absolute Gasteiger partial charge is 0.459 e. The zero-order valence-corrected chi connectivity index (χ0v) is 33.2. The van der Waals surface area contributed by atoms with Crippen molar-refractivity contribution in [2.75, 3.05) is 45.9 Å². The van der Waals surface area contributed by atoms with Gasteiger partial charge >= 0.3 is 12.2 Å². The summed E-state index contributed by atoms with van der Waals surface area (Å²) in [5, 5.41) is 38.2. The van der Waals surface area contributed by atoms with Gasteiger partial charge in [0.25, 0.3) is 5.69 Å². The first kappa shape index (κ1) is 43.4. The minimum atomic E-state index is -1.50. The van der Waals surface area contributed by atoms with Gasteiger partial charge in [-0.25, -0.2) is 9.59 Å². The number of halogens is 1. The Morgan fingerprint density at radius 1 is 1.14 bits per heavy atom. The number of unbranched alkanes of at least 4 members (excludes halogenated alkanes) is 2. The third-order valence-corrected chi connectivity index (χ3v) is 10.9. The van der Waals surface area contributed by atoms with Crippen molar-refractivity contribution in [1.29, 1.82) is 0 Å². The van der Waals surface area contributed by atoms with E-state index in [1.807, 2.05) is 6.07 Å². The number of allylic oxidation sites excluding steroid dienone is 1. The van der Waals surface area contributed by atoms with Crippen LogP contribution in [0.4, 0.5) is 15.3 Å². The molecule has 2 aliphatic carbocycles. The fourth-order valence-electron chi connectivity index (χ4n) is 8.33. The van der Waals surface area contributed by atoms with E-state index in [4.69, 9.17) is 40.5 Å². The highest BCUT2D eigenvalue weighted by Gasteiger charge is 2.65. The van der Waals surface area contributed by atoms with Crippen molar-refractivity contribution < 1.29 is 48.5 Å². The monoisotopic (exact) mass is 812 g/mol. The van der Waals surface area contributed by atoms with E-state index in [0.717, 1.165) is 36.8 Å². The summed E-state index contributed by atoms with van der Waals surface area (Å²) in [7, 11) is 1.61. The Labute approximate surface area is 337 Å². The molecule has 0 aromatic heterocycles. The van der Waals surface area contributed by atoms with Crippen molar-refractivity contribution >= 4 is 35.2 Å². The van der Waals surface area contributed by atoms with Crippen molar-refractivity contribution in [3.8, 4) is 11.5 Å². The van der Waals surface area contributed by atoms with Crippen LogP contribution in [0, 0.1) is 27.9 Å². The normalized spacial score (nSPS) is 23.9. The van der Waals surface area contributed by atoms with Gasteiger partial charge in [0.2, 0.25) is 5.79 Å². The molecule has 2 aromatic rings. The number of alkyl halides is 1. The number of nitro benzene ring substituents is 1. The standard InChI is InChI=1S/C41H53ClN4O11/c1-4-21-54-41-36(45(3)40(50)53-22-18-42)25-34(44-55-26-27-12-14-29(15-13-27)46(51)52)32-23-28(10-6-8-19-47)31(11-7-9-20-48)37(38(32)41)33-24-30(16-17-35(33)57-41)56-39(49)43-5-2/h4,12-17,23-24,28,31,36-38,47-48H,1,5-11,18-22,25-26H2,2-3H3,(H,43,49)/t28-,31+,36-,37+,38+,41+/m0/s1. The third kappa shape index (κ3) is 10.1. The second kappa shape index (κ2) is 20.6. The number of fused-ring (bicyclic) bond motifs is 2. The molecule has 0 spiro atoms. The molecule has 16 heteroatoms. The fraction of sp³-hybridized carbons (Fsp3) is 0.537. The molecule has 15 nitrogen and oxygen atoms in total.